The number of likely N-dealkylation sites (N-methyl/N-ethyl adjacent to an activating group) is 1. The Hall–Kier alpha value is -2.42. The molecule has 2 heterocycles. The number of amides is 2. The Balaban J connectivity index is 1.54. The molecule has 0 spiro atoms. The number of nitrogens with one attached hydrogen (secondary N) is 2. The van der Waals surface area contributed by atoms with Crippen LogP contribution in [0.5, 0.6) is 0 Å². The maximum atomic E-state index is 12.3. The second-order valence-electron chi connectivity index (χ2n) is 7.61. The maximum Gasteiger partial charge on any atom is 0.309 e. The van der Waals surface area contributed by atoms with Crippen molar-refractivity contribution in [2.45, 2.75) is 6.04 Å². The minimum Gasteiger partial charge on any atom is -0.379 e. The summed E-state index contributed by atoms with van der Waals surface area (Å²) < 4.78 is 7.39. The molecule has 8 heteroatoms. The van der Waals surface area contributed by atoms with Crippen LogP contribution in [0.2, 0.25) is 0 Å². The summed E-state index contributed by atoms with van der Waals surface area (Å²) >= 11 is 0. The number of benzene rings is 1. The summed E-state index contributed by atoms with van der Waals surface area (Å²) in [6, 6.07) is 8.15. The molecule has 1 fully saturated rings. The van der Waals surface area contributed by atoms with Gasteiger partial charge in [0.2, 0.25) is 0 Å². The van der Waals surface area contributed by atoms with E-state index in [1.165, 1.54) is 0 Å². The number of para-hydroxylation sites is 1. The van der Waals surface area contributed by atoms with Crippen LogP contribution in [0.4, 0.5) is 0 Å². The third kappa shape index (κ3) is 5.35. The fourth-order valence-corrected chi connectivity index (χ4v) is 3.71. The Morgan fingerprint density at radius 1 is 1.14 bits per heavy atom. The molecule has 0 bridgehead atoms. The van der Waals surface area contributed by atoms with Gasteiger partial charge < -0.3 is 24.8 Å². The van der Waals surface area contributed by atoms with E-state index in [-0.39, 0.29) is 6.04 Å². The van der Waals surface area contributed by atoms with Crippen molar-refractivity contribution in [3.63, 3.8) is 0 Å². The van der Waals surface area contributed by atoms with Crippen LogP contribution in [0.1, 0.15) is 11.6 Å². The fraction of sp³-hybridized carbons (Fsp3) is 0.524. The lowest BCUT2D eigenvalue weighted by molar-refractivity contribution is -0.139. The SMILES string of the molecule is CN(C)C(CNC(=O)C(=O)NCCN1CCOCC1)c1cn(C)c2ccccc12. The second kappa shape index (κ2) is 9.87. The number of aryl methyl sites for hydroxylation is 1. The minimum atomic E-state index is -0.598. The molecule has 29 heavy (non-hydrogen) atoms. The summed E-state index contributed by atoms with van der Waals surface area (Å²) in [6.07, 6.45) is 2.09. The highest BCUT2D eigenvalue weighted by molar-refractivity contribution is 6.35. The lowest BCUT2D eigenvalue weighted by Gasteiger charge is -2.26. The van der Waals surface area contributed by atoms with E-state index in [4.69, 9.17) is 4.74 Å². The smallest absolute Gasteiger partial charge is 0.309 e. The van der Waals surface area contributed by atoms with E-state index in [0.29, 0.717) is 26.3 Å². The number of carbonyl (C=O) groups excluding carboxylic acids is 2. The molecular weight excluding hydrogens is 370 g/mol. The quantitative estimate of drug-likeness (QED) is 0.655. The molecule has 158 valence electrons. The molecule has 1 saturated heterocycles. The summed E-state index contributed by atoms with van der Waals surface area (Å²) in [5.41, 5.74) is 2.27. The molecule has 1 unspecified atom stereocenters. The predicted octanol–water partition coefficient (Wildman–Crippen LogP) is 0.346. The third-order valence-electron chi connectivity index (χ3n) is 5.39. The van der Waals surface area contributed by atoms with E-state index in [9.17, 15) is 9.59 Å². The van der Waals surface area contributed by atoms with Gasteiger partial charge in [-0.15, -0.1) is 0 Å². The number of carbonyl (C=O) groups is 2. The Morgan fingerprint density at radius 2 is 1.83 bits per heavy atom. The van der Waals surface area contributed by atoms with Crippen molar-refractivity contribution in [2.24, 2.45) is 7.05 Å². The van der Waals surface area contributed by atoms with Crippen molar-refractivity contribution in [2.75, 3.05) is 60.0 Å². The Labute approximate surface area is 171 Å². The van der Waals surface area contributed by atoms with E-state index >= 15 is 0 Å². The van der Waals surface area contributed by atoms with Gasteiger partial charge in [0.15, 0.2) is 0 Å². The molecule has 1 aliphatic heterocycles. The highest BCUT2D eigenvalue weighted by Crippen LogP contribution is 2.28. The fourth-order valence-electron chi connectivity index (χ4n) is 3.71. The predicted molar refractivity (Wildman–Crippen MR) is 113 cm³/mol. The van der Waals surface area contributed by atoms with Crippen LogP contribution in [-0.2, 0) is 21.4 Å². The van der Waals surface area contributed by atoms with E-state index in [0.717, 1.165) is 36.1 Å². The summed E-state index contributed by atoms with van der Waals surface area (Å²) in [5.74, 6) is -1.19. The van der Waals surface area contributed by atoms with E-state index in [1.807, 2.05) is 33.3 Å². The van der Waals surface area contributed by atoms with Gasteiger partial charge in [0, 0.05) is 56.9 Å². The average molecular weight is 402 g/mol. The number of hydrogen-bond acceptors (Lipinski definition) is 5. The number of morpholine rings is 1. The average Bonchev–Trinajstić information content (AvgIpc) is 3.05. The van der Waals surface area contributed by atoms with Crippen molar-refractivity contribution in [1.82, 2.24) is 25.0 Å². The van der Waals surface area contributed by atoms with Crippen molar-refractivity contribution < 1.29 is 14.3 Å². The highest BCUT2D eigenvalue weighted by Gasteiger charge is 2.22. The number of ether oxygens (including phenoxy) is 1. The first-order chi connectivity index (χ1) is 14.0. The number of fused-ring (bicyclic) bond motifs is 1. The van der Waals surface area contributed by atoms with Crippen molar-refractivity contribution >= 4 is 22.7 Å². The largest absolute Gasteiger partial charge is 0.379 e. The molecule has 0 saturated carbocycles. The molecule has 8 nitrogen and oxygen atoms in total. The Bertz CT molecular complexity index is 842. The maximum absolute atomic E-state index is 12.3. The topological polar surface area (TPSA) is 78.8 Å². The highest BCUT2D eigenvalue weighted by atomic mass is 16.5. The normalized spacial score (nSPS) is 16.1. The lowest BCUT2D eigenvalue weighted by Crippen LogP contribution is -2.46. The summed E-state index contributed by atoms with van der Waals surface area (Å²) in [5, 5.41) is 6.65. The molecule has 2 N–H and O–H groups in total. The number of rotatable bonds is 7. The van der Waals surface area contributed by atoms with Crippen molar-refractivity contribution in [1.29, 1.82) is 0 Å². The van der Waals surface area contributed by atoms with Gasteiger partial charge in [-0.3, -0.25) is 14.5 Å². The lowest BCUT2D eigenvalue weighted by atomic mass is 10.0. The molecule has 0 aliphatic carbocycles. The zero-order chi connectivity index (χ0) is 20.8. The van der Waals surface area contributed by atoms with E-state index in [2.05, 4.69) is 43.3 Å². The van der Waals surface area contributed by atoms with Crippen LogP contribution in [0, 0.1) is 0 Å². The third-order valence-corrected chi connectivity index (χ3v) is 5.39. The molecule has 2 aromatic rings. The first kappa shape index (κ1) is 21.3. The zero-order valence-electron chi connectivity index (χ0n) is 17.5. The van der Waals surface area contributed by atoms with Gasteiger partial charge in [-0.05, 0) is 25.7 Å². The van der Waals surface area contributed by atoms with Crippen LogP contribution < -0.4 is 10.6 Å². The van der Waals surface area contributed by atoms with Gasteiger partial charge >= 0.3 is 11.8 Å². The monoisotopic (exact) mass is 401 g/mol. The molecule has 3 rings (SSSR count). The molecule has 0 radical (unpaired) electrons. The van der Waals surface area contributed by atoms with Crippen molar-refractivity contribution in [3.8, 4) is 0 Å². The Morgan fingerprint density at radius 3 is 2.55 bits per heavy atom. The zero-order valence-corrected chi connectivity index (χ0v) is 17.5. The molecular formula is C21H31N5O3. The number of aromatic nitrogens is 1. The second-order valence-corrected chi connectivity index (χ2v) is 7.61. The van der Waals surface area contributed by atoms with Crippen LogP contribution in [0.25, 0.3) is 10.9 Å². The first-order valence-corrected chi connectivity index (χ1v) is 10.0. The standard InChI is InChI=1S/C21H31N5O3/c1-24(2)19(17-15-25(3)18-7-5-4-6-16(17)18)14-23-21(28)20(27)22-8-9-26-10-12-29-13-11-26/h4-7,15,19H,8-14H2,1-3H3,(H,22,27)(H,23,28). The Kier molecular flexibility index (Phi) is 7.24. The van der Waals surface area contributed by atoms with Gasteiger partial charge in [-0.2, -0.15) is 0 Å². The van der Waals surface area contributed by atoms with Crippen LogP contribution in [0.3, 0.4) is 0 Å². The van der Waals surface area contributed by atoms with Crippen molar-refractivity contribution in [3.05, 3.63) is 36.0 Å². The van der Waals surface area contributed by atoms with Gasteiger partial charge in [-0.1, -0.05) is 18.2 Å². The van der Waals surface area contributed by atoms with Gasteiger partial charge in [0.05, 0.1) is 19.3 Å². The molecule has 1 atom stereocenters. The van der Waals surface area contributed by atoms with Gasteiger partial charge in [0.1, 0.15) is 0 Å². The molecule has 2 amide bonds. The van der Waals surface area contributed by atoms with E-state index in [1.54, 1.807) is 0 Å². The first-order valence-electron chi connectivity index (χ1n) is 10.0. The summed E-state index contributed by atoms with van der Waals surface area (Å²) in [7, 11) is 5.96. The summed E-state index contributed by atoms with van der Waals surface area (Å²) in [4.78, 5) is 28.7. The molecule has 1 aromatic carbocycles. The number of hydrogen-bond donors (Lipinski definition) is 2. The van der Waals surface area contributed by atoms with Crippen LogP contribution >= 0.6 is 0 Å². The van der Waals surface area contributed by atoms with E-state index < -0.39 is 11.8 Å². The molecule has 1 aliphatic rings. The molecule has 1 aromatic heterocycles. The van der Waals surface area contributed by atoms with Gasteiger partial charge in [0.25, 0.3) is 0 Å². The van der Waals surface area contributed by atoms with Crippen LogP contribution in [-0.4, -0.2) is 86.2 Å². The van der Waals surface area contributed by atoms with Crippen LogP contribution in [0.15, 0.2) is 30.5 Å². The van der Waals surface area contributed by atoms with Gasteiger partial charge in [-0.25, -0.2) is 0 Å². The summed E-state index contributed by atoms with van der Waals surface area (Å²) in [6.45, 7) is 4.68. The number of nitrogens with zero attached hydrogens (tertiary/aromatic N) is 3. The minimum absolute atomic E-state index is 0.0359.